The molecule has 1 unspecified atom stereocenters. The number of hydrogen-bond donors (Lipinski definition) is 3. The number of nitrogens with one attached hydrogen (secondary N) is 3. The summed E-state index contributed by atoms with van der Waals surface area (Å²) in [5.74, 6) is 0.667. The zero-order valence-electron chi connectivity index (χ0n) is 20.2. The average molecular weight is 490 g/mol. The lowest BCUT2D eigenvalue weighted by molar-refractivity contribution is 0.180. The lowest BCUT2D eigenvalue weighted by Crippen LogP contribution is -2.48. The maximum Gasteiger partial charge on any atom is 0.320 e. The van der Waals surface area contributed by atoms with Crippen molar-refractivity contribution in [1.29, 1.82) is 0 Å². The third-order valence-corrected chi connectivity index (χ3v) is 6.38. The highest BCUT2D eigenvalue weighted by Gasteiger charge is 2.23. The summed E-state index contributed by atoms with van der Waals surface area (Å²) in [5.41, 5.74) is 3.94. The molecule has 1 fully saturated rings. The Hall–Kier alpha value is -4.05. The van der Waals surface area contributed by atoms with E-state index in [0.29, 0.717) is 30.2 Å². The molecule has 0 spiro atoms. The van der Waals surface area contributed by atoms with Crippen LogP contribution in [-0.2, 0) is 6.54 Å². The highest BCUT2D eigenvalue weighted by Crippen LogP contribution is 2.27. The van der Waals surface area contributed by atoms with Crippen molar-refractivity contribution in [3.05, 3.63) is 65.9 Å². The number of amides is 2. The maximum atomic E-state index is 14.4. The highest BCUT2D eigenvalue weighted by atomic mass is 19.1. The Morgan fingerprint density at radius 1 is 1.28 bits per heavy atom. The average Bonchev–Trinajstić information content (AvgIpc) is 3.29. The zero-order valence-corrected chi connectivity index (χ0v) is 20.2. The predicted molar refractivity (Wildman–Crippen MR) is 135 cm³/mol. The molecule has 1 atom stereocenters. The van der Waals surface area contributed by atoms with Crippen molar-refractivity contribution in [1.82, 2.24) is 30.4 Å². The second kappa shape index (κ2) is 10.3. The van der Waals surface area contributed by atoms with Crippen LogP contribution in [0.4, 0.5) is 15.0 Å². The third-order valence-electron chi connectivity index (χ3n) is 6.38. The molecule has 1 aliphatic rings. The molecule has 0 aliphatic carbocycles. The first kappa shape index (κ1) is 23.7. The van der Waals surface area contributed by atoms with Gasteiger partial charge in [0.15, 0.2) is 0 Å². The molecular weight excluding hydrogens is 461 g/mol. The SMILES string of the molecule is COc1cccc(F)c1CN1CCCC(NC(=O)Nc2cc3[nH]nc(-c4ccnc(C)c4)c3cn2)C1. The molecule has 3 aromatic heterocycles. The van der Waals surface area contributed by atoms with Gasteiger partial charge in [-0.15, -0.1) is 0 Å². The van der Waals surface area contributed by atoms with Gasteiger partial charge >= 0.3 is 6.03 Å². The van der Waals surface area contributed by atoms with Gasteiger partial charge in [0.1, 0.15) is 23.1 Å². The highest BCUT2D eigenvalue weighted by molar-refractivity contribution is 5.95. The van der Waals surface area contributed by atoms with E-state index in [9.17, 15) is 9.18 Å². The molecule has 186 valence electrons. The fourth-order valence-corrected chi connectivity index (χ4v) is 4.66. The Morgan fingerprint density at radius 2 is 2.17 bits per heavy atom. The van der Waals surface area contributed by atoms with Gasteiger partial charge in [-0.3, -0.25) is 20.3 Å². The second-order valence-electron chi connectivity index (χ2n) is 8.97. The molecule has 0 saturated carbocycles. The van der Waals surface area contributed by atoms with Crippen molar-refractivity contribution >= 4 is 22.8 Å². The van der Waals surface area contributed by atoms with Crippen molar-refractivity contribution in [3.63, 3.8) is 0 Å². The Bertz CT molecular complexity index is 1390. The molecule has 0 bridgehead atoms. The van der Waals surface area contributed by atoms with E-state index in [0.717, 1.165) is 47.2 Å². The summed E-state index contributed by atoms with van der Waals surface area (Å²) in [6.07, 6.45) is 5.19. The fourth-order valence-electron chi connectivity index (χ4n) is 4.66. The number of ether oxygens (including phenoxy) is 1. The lowest BCUT2D eigenvalue weighted by atomic mass is 10.0. The Balaban J connectivity index is 1.21. The van der Waals surface area contributed by atoms with Crippen LogP contribution >= 0.6 is 0 Å². The van der Waals surface area contributed by atoms with E-state index in [1.54, 1.807) is 37.7 Å². The van der Waals surface area contributed by atoms with Crippen LogP contribution in [0.15, 0.2) is 48.8 Å². The number of nitrogens with zero attached hydrogens (tertiary/aromatic N) is 4. The lowest BCUT2D eigenvalue weighted by Gasteiger charge is -2.33. The van der Waals surface area contributed by atoms with E-state index in [1.807, 2.05) is 19.1 Å². The van der Waals surface area contributed by atoms with E-state index >= 15 is 0 Å². The minimum absolute atomic E-state index is 0.0612. The van der Waals surface area contributed by atoms with Gasteiger partial charge in [0, 0.05) is 59.8 Å². The van der Waals surface area contributed by atoms with Crippen LogP contribution in [0.3, 0.4) is 0 Å². The number of carbonyl (C=O) groups is 1. The van der Waals surface area contributed by atoms with Crippen molar-refractivity contribution in [2.75, 3.05) is 25.5 Å². The van der Waals surface area contributed by atoms with Gasteiger partial charge in [-0.1, -0.05) is 6.07 Å². The van der Waals surface area contributed by atoms with Crippen molar-refractivity contribution in [2.24, 2.45) is 0 Å². The number of carbonyl (C=O) groups excluding carboxylic acids is 1. The molecular formula is C26H28FN7O2. The van der Waals surface area contributed by atoms with E-state index in [4.69, 9.17) is 4.74 Å². The number of aromatic nitrogens is 4. The Morgan fingerprint density at radius 3 is 3.00 bits per heavy atom. The van der Waals surface area contributed by atoms with Crippen molar-refractivity contribution < 1.29 is 13.9 Å². The van der Waals surface area contributed by atoms with Crippen LogP contribution < -0.4 is 15.4 Å². The number of likely N-dealkylation sites (tertiary alicyclic amines) is 1. The molecule has 1 aromatic carbocycles. The summed E-state index contributed by atoms with van der Waals surface area (Å²) in [7, 11) is 1.54. The topological polar surface area (TPSA) is 108 Å². The van der Waals surface area contributed by atoms with Crippen molar-refractivity contribution in [3.8, 4) is 17.0 Å². The molecule has 5 rings (SSSR count). The minimum Gasteiger partial charge on any atom is -0.496 e. The zero-order chi connectivity index (χ0) is 25.1. The first-order valence-electron chi connectivity index (χ1n) is 11.9. The molecule has 2 amide bonds. The van der Waals surface area contributed by atoms with Gasteiger partial charge in [-0.05, 0) is 50.6 Å². The summed E-state index contributed by atoms with van der Waals surface area (Å²) in [5, 5.41) is 14.1. The molecule has 0 radical (unpaired) electrons. The van der Waals surface area contributed by atoms with E-state index in [2.05, 4.69) is 35.7 Å². The van der Waals surface area contributed by atoms with Gasteiger partial charge in [0.25, 0.3) is 0 Å². The van der Waals surface area contributed by atoms with Crippen LogP contribution in [0.2, 0.25) is 0 Å². The number of methoxy groups -OCH3 is 1. The number of fused-ring (bicyclic) bond motifs is 1. The molecule has 4 aromatic rings. The molecule has 10 heteroatoms. The Kier molecular flexibility index (Phi) is 6.77. The van der Waals surface area contributed by atoms with Crippen LogP contribution in [0.25, 0.3) is 22.2 Å². The maximum absolute atomic E-state index is 14.4. The molecule has 36 heavy (non-hydrogen) atoms. The van der Waals surface area contributed by atoms with Gasteiger partial charge in [0.2, 0.25) is 0 Å². The van der Waals surface area contributed by atoms with Crippen LogP contribution in [0.5, 0.6) is 5.75 Å². The summed E-state index contributed by atoms with van der Waals surface area (Å²) in [6, 6.07) is 10.1. The number of aryl methyl sites for hydroxylation is 1. The first-order valence-corrected chi connectivity index (χ1v) is 11.9. The van der Waals surface area contributed by atoms with Crippen LogP contribution in [-0.4, -0.2) is 57.3 Å². The number of aromatic amines is 1. The van der Waals surface area contributed by atoms with E-state index < -0.39 is 0 Å². The van der Waals surface area contributed by atoms with Gasteiger partial charge in [0.05, 0.1) is 12.6 Å². The largest absolute Gasteiger partial charge is 0.496 e. The summed E-state index contributed by atoms with van der Waals surface area (Å²) >= 11 is 0. The third kappa shape index (κ3) is 5.13. The van der Waals surface area contributed by atoms with Crippen LogP contribution in [0.1, 0.15) is 24.1 Å². The molecule has 3 N–H and O–H groups in total. The number of halogens is 1. The number of urea groups is 1. The number of H-pyrrole nitrogens is 1. The van der Waals surface area contributed by atoms with Crippen LogP contribution in [0, 0.1) is 12.7 Å². The minimum atomic E-state index is -0.332. The number of piperidine rings is 1. The number of anilines is 1. The summed E-state index contributed by atoms with van der Waals surface area (Å²) in [4.78, 5) is 23.5. The molecule has 9 nitrogen and oxygen atoms in total. The first-order chi connectivity index (χ1) is 17.5. The predicted octanol–water partition coefficient (Wildman–Crippen LogP) is 4.26. The summed E-state index contributed by atoms with van der Waals surface area (Å²) in [6.45, 7) is 3.80. The molecule has 1 aliphatic heterocycles. The van der Waals surface area contributed by atoms with E-state index in [-0.39, 0.29) is 17.9 Å². The molecule has 1 saturated heterocycles. The number of pyridine rings is 2. The quantitative estimate of drug-likeness (QED) is 0.374. The van der Waals surface area contributed by atoms with E-state index in [1.165, 1.54) is 6.07 Å². The molecule has 4 heterocycles. The summed E-state index contributed by atoms with van der Waals surface area (Å²) < 4.78 is 19.7. The number of rotatable bonds is 6. The van der Waals surface area contributed by atoms with Crippen molar-refractivity contribution in [2.45, 2.75) is 32.4 Å². The normalized spacial score (nSPS) is 16.1. The monoisotopic (exact) mass is 489 g/mol. The van der Waals surface area contributed by atoms with Gasteiger partial charge < -0.3 is 10.1 Å². The Labute approximate surface area is 208 Å². The fraction of sp³-hybridized carbons (Fsp3) is 0.308. The standard InChI is InChI=1S/C26H28FN7O2/c1-16-11-17(8-9-28-16)25-19-13-29-24(12-22(19)32-33-25)31-26(35)30-18-5-4-10-34(14-18)15-20-21(27)6-3-7-23(20)36-2/h3,6-9,11-13,18H,4-5,10,14-15H2,1-2H3,(H,32,33)(H2,29,30,31,35). The number of hydrogen-bond acceptors (Lipinski definition) is 6. The smallest absolute Gasteiger partial charge is 0.320 e. The number of benzene rings is 1. The van der Waals surface area contributed by atoms with Gasteiger partial charge in [-0.2, -0.15) is 5.10 Å². The second-order valence-corrected chi connectivity index (χ2v) is 8.97. The van der Waals surface area contributed by atoms with Gasteiger partial charge in [-0.25, -0.2) is 14.2 Å².